The van der Waals surface area contributed by atoms with Crippen LogP contribution in [-0.4, -0.2) is 18.0 Å². The molecule has 5 nitrogen and oxygen atoms in total. The summed E-state index contributed by atoms with van der Waals surface area (Å²) in [5, 5.41) is 2.28. The van der Waals surface area contributed by atoms with Crippen LogP contribution < -0.4 is 10.1 Å². The summed E-state index contributed by atoms with van der Waals surface area (Å²) in [6.07, 6.45) is 1.54. The van der Waals surface area contributed by atoms with E-state index < -0.39 is 23.2 Å². The molecule has 0 bridgehead atoms. The van der Waals surface area contributed by atoms with Crippen LogP contribution in [0.3, 0.4) is 0 Å². The van der Waals surface area contributed by atoms with E-state index in [0.29, 0.717) is 17.1 Å². The van der Waals surface area contributed by atoms with Crippen molar-refractivity contribution in [1.82, 2.24) is 4.98 Å². The minimum Gasteiger partial charge on any atom is -0.497 e. The number of hydrogen-bond donors (Lipinski definition) is 1. The van der Waals surface area contributed by atoms with E-state index in [1.807, 2.05) is 18.2 Å². The predicted octanol–water partition coefficient (Wildman–Crippen LogP) is 5.55. The molecule has 3 aromatic carbocycles. The fraction of sp³-hybridized carbons (Fsp3) is 0.0435. The monoisotopic (exact) mass is 406 g/mol. The normalized spacial score (nSPS) is 10.6. The number of para-hydroxylation sites is 1. The lowest BCUT2D eigenvalue weighted by atomic mass is 10.1. The molecule has 0 atom stereocenters. The Hall–Kier alpha value is -4.00. The third-order valence-corrected chi connectivity index (χ3v) is 4.46. The van der Waals surface area contributed by atoms with Crippen molar-refractivity contribution in [2.75, 3.05) is 12.4 Å². The molecule has 0 unspecified atom stereocenters. The van der Waals surface area contributed by atoms with E-state index >= 15 is 0 Å². The molecule has 0 radical (unpaired) electrons. The number of nitrogens with one attached hydrogen (secondary N) is 1. The fourth-order valence-corrected chi connectivity index (χ4v) is 2.97. The van der Waals surface area contributed by atoms with Gasteiger partial charge in [0.15, 0.2) is 5.76 Å². The van der Waals surface area contributed by atoms with Crippen molar-refractivity contribution in [2.45, 2.75) is 0 Å². The number of anilines is 1. The topological polar surface area (TPSA) is 64.4 Å². The first-order valence-corrected chi connectivity index (χ1v) is 9.02. The standard InChI is InChI=1S/C23H16F2N2O3/c1-29-15-7-4-6-14(12-15)20-13-26-23(30-20)17-9-3-2-8-16(17)22(28)27-21-18(24)10-5-11-19(21)25/h2-13H,1H3,(H,27,28). The maximum Gasteiger partial charge on any atom is 0.256 e. The fourth-order valence-electron chi connectivity index (χ4n) is 2.97. The van der Waals surface area contributed by atoms with Gasteiger partial charge >= 0.3 is 0 Å². The number of halogens is 2. The Morgan fingerprint density at radius 1 is 1.00 bits per heavy atom. The molecule has 0 aliphatic rings. The Morgan fingerprint density at radius 3 is 2.50 bits per heavy atom. The Bertz CT molecular complexity index is 1200. The van der Waals surface area contributed by atoms with E-state index in [0.717, 1.165) is 17.7 Å². The zero-order valence-electron chi connectivity index (χ0n) is 15.9. The van der Waals surface area contributed by atoms with E-state index in [-0.39, 0.29) is 11.5 Å². The third-order valence-electron chi connectivity index (χ3n) is 4.46. The van der Waals surface area contributed by atoms with Crippen LogP contribution in [0.1, 0.15) is 10.4 Å². The average molecular weight is 406 g/mol. The van der Waals surface area contributed by atoms with Crippen molar-refractivity contribution in [3.05, 3.63) is 90.1 Å². The largest absolute Gasteiger partial charge is 0.497 e. The zero-order valence-corrected chi connectivity index (χ0v) is 15.9. The van der Waals surface area contributed by atoms with Crippen LogP contribution in [0.5, 0.6) is 5.75 Å². The number of methoxy groups -OCH3 is 1. The molecule has 0 fully saturated rings. The number of carbonyl (C=O) groups is 1. The number of ether oxygens (including phenoxy) is 1. The molecular weight excluding hydrogens is 390 g/mol. The number of hydrogen-bond acceptors (Lipinski definition) is 4. The summed E-state index contributed by atoms with van der Waals surface area (Å²) in [6.45, 7) is 0. The first kappa shape index (κ1) is 19.3. The molecule has 7 heteroatoms. The molecule has 0 saturated heterocycles. The van der Waals surface area contributed by atoms with Crippen LogP contribution >= 0.6 is 0 Å². The predicted molar refractivity (Wildman–Crippen MR) is 108 cm³/mol. The lowest BCUT2D eigenvalue weighted by Gasteiger charge is -2.09. The Balaban J connectivity index is 1.67. The van der Waals surface area contributed by atoms with E-state index in [4.69, 9.17) is 9.15 Å². The van der Waals surface area contributed by atoms with Gasteiger partial charge in [0.1, 0.15) is 23.1 Å². The van der Waals surface area contributed by atoms with Crippen molar-refractivity contribution in [3.8, 4) is 28.5 Å². The minimum atomic E-state index is -0.864. The highest BCUT2D eigenvalue weighted by Crippen LogP contribution is 2.30. The SMILES string of the molecule is COc1cccc(-c2cnc(-c3ccccc3C(=O)Nc3c(F)cccc3F)o2)c1. The van der Waals surface area contributed by atoms with Crippen LogP contribution in [-0.2, 0) is 0 Å². The van der Waals surface area contributed by atoms with E-state index in [1.165, 1.54) is 18.3 Å². The number of oxazole rings is 1. The van der Waals surface area contributed by atoms with Gasteiger partial charge in [-0.05, 0) is 36.4 Å². The van der Waals surface area contributed by atoms with Crippen molar-refractivity contribution < 1.29 is 22.7 Å². The summed E-state index contributed by atoms with van der Waals surface area (Å²) >= 11 is 0. The van der Waals surface area contributed by atoms with Crippen LogP contribution in [0.2, 0.25) is 0 Å². The molecular formula is C23H16F2N2O3. The van der Waals surface area contributed by atoms with Crippen molar-refractivity contribution in [2.24, 2.45) is 0 Å². The van der Waals surface area contributed by atoms with E-state index in [2.05, 4.69) is 10.3 Å². The van der Waals surface area contributed by atoms with E-state index in [9.17, 15) is 13.6 Å². The Morgan fingerprint density at radius 2 is 1.73 bits per heavy atom. The van der Waals surface area contributed by atoms with Crippen LogP contribution in [0.25, 0.3) is 22.8 Å². The quantitative estimate of drug-likeness (QED) is 0.472. The Labute approximate surface area is 171 Å². The van der Waals surface area contributed by atoms with Gasteiger partial charge in [0, 0.05) is 11.1 Å². The lowest BCUT2D eigenvalue weighted by molar-refractivity contribution is 0.102. The third kappa shape index (κ3) is 3.77. The molecule has 150 valence electrons. The number of aromatic nitrogens is 1. The highest BCUT2D eigenvalue weighted by Gasteiger charge is 2.19. The molecule has 4 aromatic rings. The lowest BCUT2D eigenvalue weighted by Crippen LogP contribution is -2.15. The molecule has 1 N–H and O–H groups in total. The summed E-state index contributed by atoms with van der Waals surface area (Å²) in [4.78, 5) is 17.0. The van der Waals surface area contributed by atoms with Gasteiger partial charge < -0.3 is 14.5 Å². The number of rotatable bonds is 5. The zero-order chi connectivity index (χ0) is 21.1. The summed E-state index contributed by atoms with van der Waals surface area (Å²) in [7, 11) is 1.57. The molecule has 0 aliphatic heterocycles. The first-order chi connectivity index (χ1) is 14.6. The van der Waals surface area contributed by atoms with E-state index in [1.54, 1.807) is 31.4 Å². The van der Waals surface area contributed by atoms with Crippen molar-refractivity contribution in [1.29, 1.82) is 0 Å². The van der Waals surface area contributed by atoms with Gasteiger partial charge in [-0.25, -0.2) is 13.8 Å². The van der Waals surface area contributed by atoms with Crippen LogP contribution in [0, 0.1) is 11.6 Å². The highest BCUT2D eigenvalue weighted by molar-refractivity contribution is 6.08. The smallest absolute Gasteiger partial charge is 0.256 e. The highest BCUT2D eigenvalue weighted by atomic mass is 19.1. The summed E-state index contributed by atoms with van der Waals surface area (Å²) in [5.74, 6) is -1.06. The van der Waals surface area contributed by atoms with Gasteiger partial charge in [0.25, 0.3) is 5.91 Å². The van der Waals surface area contributed by atoms with Gasteiger partial charge in [-0.3, -0.25) is 4.79 Å². The summed E-state index contributed by atoms with van der Waals surface area (Å²) < 4.78 is 38.9. The molecule has 4 rings (SSSR count). The second-order valence-corrected chi connectivity index (χ2v) is 6.36. The molecule has 0 aliphatic carbocycles. The molecule has 0 saturated carbocycles. The first-order valence-electron chi connectivity index (χ1n) is 9.02. The number of carbonyl (C=O) groups excluding carboxylic acids is 1. The number of nitrogens with zero attached hydrogens (tertiary/aromatic N) is 1. The maximum atomic E-state index is 13.9. The number of amides is 1. The summed E-state index contributed by atoms with van der Waals surface area (Å²) in [5.41, 5.74) is 0.797. The van der Waals surface area contributed by atoms with Gasteiger partial charge in [-0.2, -0.15) is 0 Å². The summed E-state index contributed by atoms with van der Waals surface area (Å²) in [6, 6.07) is 17.2. The molecule has 0 spiro atoms. The molecule has 30 heavy (non-hydrogen) atoms. The molecule has 1 amide bonds. The van der Waals surface area contributed by atoms with Gasteiger partial charge in [-0.15, -0.1) is 0 Å². The molecule has 1 heterocycles. The minimum absolute atomic E-state index is 0.166. The van der Waals surface area contributed by atoms with Gasteiger partial charge in [0.05, 0.1) is 18.9 Å². The second kappa shape index (κ2) is 8.16. The molecule has 1 aromatic heterocycles. The maximum absolute atomic E-state index is 13.9. The van der Waals surface area contributed by atoms with Crippen molar-refractivity contribution in [3.63, 3.8) is 0 Å². The Kier molecular flexibility index (Phi) is 5.26. The van der Waals surface area contributed by atoms with Gasteiger partial charge in [0.2, 0.25) is 5.89 Å². The van der Waals surface area contributed by atoms with Crippen molar-refractivity contribution >= 4 is 11.6 Å². The van der Waals surface area contributed by atoms with Crippen LogP contribution in [0.4, 0.5) is 14.5 Å². The number of benzene rings is 3. The van der Waals surface area contributed by atoms with Crippen LogP contribution in [0.15, 0.2) is 77.3 Å². The second-order valence-electron chi connectivity index (χ2n) is 6.36. The average Bonchev–Trinajstić information content (AvgIpc) is 3.26. The van der Waals surface area contributed by atoms with Gasteiger partial charge in [-0.1, -0.05) is 30.3 Å².